The molecule has 0 saturated carbocycles. The molecular weight excluding hydrogens is 933 g/mol. The maximum atomic E-state index is 14.3. The molecule has 4 aromatic carbocycles. The zero-order valence-corrected chi connectivity index (χ0v) is 36.5. The van der Waals surface area contributed by atoms with Gasteiger partial charge in [-0.25, -0.2) is 18.4 Å². The minimum atomic E-state index is -4.68. The van der Waals surface area contributed by atoms with Gasteiger partial charge in [0.15, 0.2) is 0 Å². The maximum absolute atomic E-state index is 14.3. The fraction of sp³-hybridized carbons (Fsp3) is 0.140. The molecule has 0 atom stereocenters. The van der Waals surface area contributed by atoms with Gasteiger partial charge in [-0.15, -0.1) is 0 Å². The molecule has 0 saturated heterocycles. The third-order valence-corrected chi connectivity index (χ3v) is 8.45. The predicted molar refractivity (Wildman–Crippen MR) is 242 cm³/mol. The molecule has 65 heavy (non-hydrogen) atoms. The number of amides is 5. The molecule has 6 N–H and O–H groups in total. The van der Waals surface area contributed by atoms with E-state index in [0.717, 1.165) is 35.0 Å². The summed E-state index contributed by atoms with van der Waals surface area (Å²) in [6, 6.07) is 20.1. The van der Waals surface area contributed by atoms with E-state index in [1.165, 1.54) is 42.6 Å². The van der Waals surface area contributed by atoms with Gasteiger partial charge in [0.25, 0.3) is 5.91 Å². The Kier molecular flexibility index (Phi) is 21.5. The summed E-state index contributed by atoms with van der Waals surface area (Å²) in [4.78, 5) is 42.8. The number of carbonyl (C=O) groups is 3. The van der Waals surface area contributed by atoms with Crippen molar-refractivity contribution in [1.29, 1.82) is 0 Å². The Morgan fingerprint density at radius 1 is 0.708 bits per heavy atom. The fourth-order valence-corrected chi connectivity index (χ4v) is 5.16. The number of nitrogens with one attached hydrogen (secondary N) is 5. The number of alkyl halides is 3. The molecule has 0 fully saturated rings. The molecule has 337 valence electrons. The van der Waals surface area contributed by atoms with Crippen LogP contribution in [-0.4, -0.2) is 55.5 Å². The smallest absolute Gasteiger partial charge is 0.417 e. The largest absolute Gasteiger partial charge is 0.508 e. The topological polar surface area (TPSA) is 167 Å². The summed E-state index contributed by atoms with van der Waals surface area (Å²) in [7, 11) is 8.00. The van der Waals surface area contributed by atoms with Crippen LogP contribution in [0.15, 0.2) is 109 Å². The van der Waals surface area contributed by atoms with E-state index in [0.29, 0.717) is 22.5 Å². The first-order chi connectivity index (χ1) is 30.9. The van der Waals surface area contributed by atoms with Crippen LogP contribution in [0.3, 0.4) is 0 Å². The Labute approximate surface area is 401 Å². The first kappa shape index (κ1) is 51.4. The molecule has 0 aliphatic carbocycles. The molecule has 5 amide bonds. The van der Waals surface area contributed by atoms with E-state index in [4.69, 9.17) is 37.2 Å². The van der Waals surface area contributed by atoms with Crippen LogP contribution in [0.25, 0.3) is 0 Å². The number of anilines is 4. The molecule has 0 aliphatic heterocycles. The summed E-state index contributed by atoms with van der Waals surface area (Å²) in [5.41, 5.74) is 1.60. The average molecular weight is 976 g/mol. The van der Waals surface area contributed by atoms with Crippen LogP contribution < -0.4 is 31.3 Å². The first-order valence-corrected chi connectivity index (χ1v) is 18.5. The van der Waals surface area contributed by atoms with Crippen LogP contribution in [0, 0.1) is 32.4 Å². The second-order valence-corrected chi connectivity index (χ2v) is 13.3. The molecule has 0 unspecified atom stereocenters. The summed E-state index contributed by atoms with van der Waals surface area (Å²) >= 11 is 11.4. The Morgan fingerprint density at radius 2 is 1.26 bits per heavy atom. The number of aryl methyl sites for hydroxylation is 3. The van der Waals surface area contributed by atoms with Gasteiger partial charge in [-0.2, -0.15) is 13.2 Å². The van der Waals surface area contributed by atoms with Crippen LogP contribution in [0.4, 0.5) is 54.3 Å². The molecule has 0 spiro atoms. The molecule has 12 nitrogen and oxygen atoms in total. The number of urea groups is 2. The number of carbonyl (C=O) groups excluding carboxylic acids is 3. The molecule has 22 heteroatoms. The third kappa shape index (κ3) is 18.8. The molecule has 0 bridgehead atoms. The number of hydrogen-bond donors (Lipinski definition) is 6. The number of benzene rings is 4. The van der Waals surface area contributed by atoms with Gasteiger partial charge >= 0.3 is 18.2 Å². The molecule has 6 aromatic rings. The number of aromatic hydroxyl groups is 1. The minimum Gasteiger partial charge on any atom is -0.508 e. The quantitative estimate of drug-likeness (QED) is 0.0526. The minimum absolute atomic E-state index is 0. The van der Waals surface area contributed by atoms with Crippen molar-refractivity contribution in [1.82, 2.24) is 15.3 Å². The van der Waals surface area contributed by atoms with Gasteiger partial charge in [-0.1, -0.05) is 30.6 Å². The van der Waals surface area contributed by atoms with Crippen molar-refractivity contribution in [2.75, 3.05) is 28.2 Å². The molecule has 2 aromatic heterocycles. The van der Waals surface area contributed by atoms with E-state index in [9.17, 15) is 36.3 Å². The maximum Gasteiger partial charge on any atom is 0.417 e. The summed E-state index contributed by atoms with van der Waals surface area (Å²) < 4.78 is 92.5. The van der Waals surface area contributed by atoms with E-state index >= 15 is 0 Å². The van der Waals surface area contributed by atoms with Crippen molar-refractivity contribution in [3.8, 4) is 17.2 Å². The van der Waals surface area contributed by atoms with Crippen LogP contribution >= 0.6 is 23.2 Å². The van der Waals surface area contributed by atoms with Crippen molar-refractivity contribution < 1.29 is 68.8 Å². The average Bonchev–Trinajstić information content (AvgIpc) is 3.22. The van der Waals surface area contributed by atoms with Crippen molar-refractivity contribution in [3.05, 3.63) is 159 Å². The summed E-state index contributed by atoms with van der Waals surface area (Å²) in [5, 5.41) is 20.4. The fourth-order valence-electron chi connectivity index (χ4n) is 4.82. The van der Waals surface area contributed by atoms with Gasteiger partial charge in [0, 0.05) is 97.8 Å². The summed E-state index contributed by atoms with van der Waals surface area (Å²) in [5.74, 6) is -1.75. The van der Waals surface area contributed by atoms with Crippen LogP contribution in [-0.2, 0) is 24.7 Å². The van der Waals surface area contributed by atoms with Gasteiger partial charge in [-0.3, -0.25) is 14.8 Å². The van der Waals surface area contributed by atoms with E-state index in [1.807, 2.05) is 12.2 Å². The van der Waals surface area contributed by atoms with Gasteiger partial charge in [0.05, 0.1) is 22.0 Å². The van der Waals surface area contributed by atoms with E-state index in [2.05, 4.69) is 46.7 Å². The molecule has 6 rings (SSSR count). The Hall–Kier alpha value is -6.27. The van der Waals surface area contributed by atoms with Crippen molar-refractivity contribution in [3.63, 3.8) is 0 Å². The molecule has 0 aliphatic rings. The number of halogens is 7. The summed E-state index contributed by atoms with van der Waals surface area (Å²) in [6.45, 7) is 2.92. The van der Waals surface area contributed by atoms with Crippen LogP contribution in [0.1, 0.15) is 44.4 Å². The Balaban J connectivity index is 0.000000528. The van der Waals surface area contributed by atoms with Gasteiger partial charge < -0.3 is 36.4 Å². The monoisotopic (exact) mass is 975 g/mol. The first-order valence-electron chi connectivity index (χ1n) is 19.2. The zero-order chi connectivity index (χ0) is 49.4. The number of ether oxygens (including phenoxy) is 1. The number of rotatable bonds is 7. The van der Waals surface area contributed by atoms with Crippen molar-refractivity contribution >= 4 is 79.4 Å². The van der Waals surface area contributed by atoms with Gasteiger partial charge in [0.1, 0.15) is 34.6 Å². The van der Waals surface area contributed by atoms with E-state index < -0.39 is 53.3 Å². The number of pyridine rings is 2. The van der Waals surface area contributed by atoms with E-state index in [-0.39, 0.29) is 60.2 Å². The number of nitrogens with zero attached hydrogens (tertiary/aromatic N) is 2. The number of phenols is 1. The Bertz CT molecular complexity index is 2660. The van der Waals surface area contributed by atoms with E-state index in [1.54, 1.807) is 56.4 Å². The summed E-state index contributed by atoms with van der Waals surface area (Å²) in [6.07, 6.45) is -1.67. The predicted octanol–water partition coefficient (Wildman–Crippen LogP) is 11.4. The van der Waals surface area contributed by atoms with Crippen LogP contribution in [0.5, 0.6) is 17.2 Å². The SMILES string of the molecule is C.Cc1cc(NC(=O)Nc2ccc(O)cc2F)ccc1Cl.Cc1cc(Oc2ccc(NC(=O)Nc3ccc(Cl)c(C(F)(F)F)c3)c(F)c2)ccn1.[2H]C([2H])([2H])NC(=O)c1cc(C)ccn1.[B][B].[V]. The van der Waals surface area contributed by atoms with Crippen molar-refractivity contribution in [2.45, 2.75) is 34.4 Å². The van der Waals surface area contributed by atoms with Gasteiger partial charge in [0.2, 0.25) is 0 Å². The molecule has 2 heterocycles. The molecule has 5 radical (unpaired) electrons. The number of aromatic nitrogens is 2. The normalized spacial score (nSPS) is 10.8. The molecular formula is C43H40B2Cl2F5N7O5V. The zero-order valence-electron chi connectivity index (χ0n) is 36.6. The second-order valence-electron chi connectivity index (χ2n) is 12.5. The van der Waals surface area contributed by atoms with Gasteiger partial charge in [-0.05, 0) is 111 Å². The Morgan fingerprint density at radius 3 is 1.80 bits per heavy atom. The second kappa shape index (κ2) is 27.1. The van der Waals surface area contributed by atoms with Crippen LogP contribution in [0.2, 0.25) is 10.0 Å². The third-order valence-electron chi connectivity index (χ3n) is 7.70. The standard InChI is InChI=1S/C20H14ClF4N3O2.C14H12ClFN2O2.C8H10N2O.CH4.B2.V/c1-11-8-14(6-7-26-11)30-13-3-5-18(17(22)10-13)28-19(29)27-12-2-4-16(21)15(9-12)20(23,24)25;1-8-6-9(2-4-11(8)15)17-14(20)18-13-5-3-10(19)7-12(13)16;1-6-3-4-10-7(5-6)8(11)9-2;;1-2;/h2-10H,1H3,(H2,27,28,29);2-7,19H,1H3,(H2,17,18,20);3-5H,1-2H3,(H,9,11);1H4;;/i;;2D3;;;. The number of hydrogen-bond acceptors (Lipinski definition) is 7. The number of phenolic OH excluding ortho intramolecular Hbond substituents is 1. The van der Waals surface area contributed by atoms with Crippen molar-refractivity contribution in [2.24, 2.45) is 0 Å².